The van der Waals surface area contributed by atoms with Crippen LogP contribution in [0.5, 0.6) is 5.75 Å². The van der Waals surface area contributed by atoms with E-state index >= 15 is 0 Å². The van der Waals surface area contributed by atoms with Gasteiger partial charge in [-0.1, -0.05) is 0 Å². The monoisotopic (exact) mass is 249 g/mol. The maximum Gasteiger partial charge on any atom is 0.142 e. The number of halogens is 1. The van der Waals surface area contributed by atoms with Gasteiger partial charge >= 0.3 is 0 Å². The summed E-state index contributed by atoms with van der Waals surface area (Å²) in [6, 6.07) is 4.44. The minimum absolute atomic E-state index is 0.270. The Morgan fingerprint density at radius 1 is 1.44 bits per heavy atom. The Balaban J connectivity index is 1.84. The number of hydrogen-bond donors (Lipinski definition) is 1. The van der Waals surface area contributed by atoms with Crippen LogP contribution in [0.1, 0.15) is 6.42 Å². The Bertz CT molecular complexity index is 485. The summed E-state index contributed by atoms with van der Waals surface area (Å²) in [5.41, 5.74) is 0.683. The van der Waals surface area contributed by atoms with E-state index in [2.05, 4.69) is 10.3 Å². The highest BCUT2D eigenvalue weighted by atomic mass is 19.1. The summed E-state index contributed by atoms with van der Waals surface area (Å²) < 4.78 is 20.3. The molecule has 0 bridgehead atoms. The number of imidazole rings is 1. The van der Waals surface area contributed by atoms with Crippen molar-refractivity contribution in [3.05, 3.63) is 42.7 Å². The largest absolute Gasteiger partial charge is 0.495 e. The third kappa shape index (κ3) is 3.23. The van der Waals surface area contributed by atoms with Gasteiger partial charge < -0.3 is 14.6 Å². The van der Waals surface area contributed by atoms with E-state index in [0.29, 0.717) is 11.4 Å². The summed E-state index contributed by atoms with van der Waals surface area (Å²) in [7, 11) is 1.57. The van der Waals surface area contributed by atoms with Crippen LogP contribution in [0.3, 0.4) is 0 Å². The number of hydrogen-bond acceptors (Lipinski definition) is 3. The van der Waals surface area contributed by atoms with Crippen LogP contribution in [0.2, 0.25) is 0 Å². The molecule has 0 saturated heterocycles. The van der Waals surface area contributed by atoms with Crippen molar-refractivity contribution in [1.82, 2.24) is 9.55 Å². The lowest BCUT2D eigenvalue weighted by molar-refractivity contribution is 0.415. The fraction of sp³-hybridized carbons (Fsp3) is 0.308. The topological polar surface area (TPSA) is 39.1 Å². The van der Waals surface area contributed by atoms with E-state index in [0.717, 1.165) is 19.5 Å². The van der Waals surface area contributed by atoms with Crippen molar-refractivity contribution in [2.24, 2.45) is 0 Å². The van der Waals surface area contributed by atoms with Crippen molar-refractivity contribution < 1.29 is 9.13 Å². The molecular formula is C13H16FN3O. The molecule has 0 saturated carbocycles. The lowest BCUT2D eigenvalue weighted by atomic mass is 10.2. The van der Waals surface area contributed by atoms with Gasteiger partial charge in [0.2, 0.25) is 0 Å². The van der Waals surface area contributed by atoms with E-state index in [1.54, 1.807) is 25.7 Å². The summed E-state index contributed by atoms with van der Waals surface area (Å²) in [5, 5.41) is 3.17. The number of benzene rings is 1. The predicted octanol–water partition coefficient (Wildman–Crippen LogP) is 2.53. The van der Waals surface area contributed by atoms with Gasteiger partial charge in [-0.25, -0.2) is 9.37 Å². The van der Waals surface area contributed by atoms with E-state index in [-0.39, 0.29) is 5.82 Å². The first-order valence-corrected chi connectivity index (χ1v) is 5.83. The molecule has 1 aromatic heterocycles. The van der Waals surface area contributed by atoms with E-state index < -0.39 is 0 Å². The molecule has 1 aromatic carbocycles. The maximum absolute atomic E-state index is 13.1. The second-order valence-corrected chi connectivity index (χ2v) is 3.93. The minimum Gasteiger partial charge on any atom is -0.495 e. The molecule has 0 aliphatic carbocycles. The second-order valence-electron chi connectivity index (χ2n) is 3.93. The molecule has 5 heteroatoms. The van der Waals surface area contributed by atoms with Crippen molar-refractivity contribution in [1.29, 1.82) is 0 Å². The Labute approximate surface area is 105 Å². The predicted molar refractivity (Wildman–Crippen MR) is 68.3 cm³/mol. The number of nitrogens with zero attached hydrogens (tertiary/aromatic N) is 2. The van der Waals surface area contributed by atoms with Crippen molar-refractivity contribution in [3.63, 3.8) is 0 Å². The van der Waals surface area contributed by atoms with Gasteiger partial charge in [0, 0.05) is 31.5 Å². The van der Waals surface area contributed by atoms with Gasteiger partial charge in [0.15, 0.2) is 0 Å². The molecule has 96 valence electrons. The smallest absolute Gasteiger partial charge is 0.142 e. The number of anilines is 1. The van der Waals surface area contributed by atoms with Crippen molar-refractivity contribution in [2.75, 3.05) is 19.0 Å². The molecule has 18 heavy (non-hydrogen) atoms. The van der Waals surface area contributed by atoms with Crippen LogP contribution >= 0.6 is 0 Å². The molecule has 0 aliphatic rings. The fourth-order valence-corrected chi connectivity index (χ4v) is 1.72. The lowest BCUT2D eigenvalue weighted by Crippen LogP contribution is -2.07. The number of aryl methyl sites for hydroxylation is 1. The van der Waals surface area contributed by atoms with Crippen LogP contribution in [-0.2, 0) is 6.54 Å². The zero-order valence-corrected chi connectivity index (χ0v) is 10.3. The number of rotatable bonds is 6. The third-order valence-corrected chi connectivity index (χ3v) is 2.63. The highest BCUT2D eigenvalue weighted by molar-refractivity contribution is 5.56. The van der Waals surface area contributed by atoms with Crippen LogP contribution in [0.15, 0.2) is 36.9 Å². The zero-order chi connectivity index (χ0) is 12.8. The Kier molecular flexibility index (Phi) is 4.17. The van der Waals surface area contributed by atoms with Crippen LogP contribution in [0.4, 0.5) is 10.1 Å². The number of methoxy groups -OCH3 is 1. The summed E-state index contributed by atoms with van der Waals surface area (Å²) in [6.45, 7) is 1.63. The van der Waals surface area contributed by atoms with Gasteiger partial charge in [0.1, 0.15) is 11.6 Å². The van der Waals surface area contributed by atoms with Gasteiger partial charge in [0.05, 0.1) is 19.1 Å². The summed E-state index contributed by atoms with van der Waals surface area (Å²) in [4.78, 5) is 3.97. The zero-order valence-electron chi connectivity index (χ0n) is 10.3. The molecule has 4 nitrogen and oxygen atoms in total. The quantitative estimate of drug-likeness (QED) is 0.800. The minimum atomic E-state index is -0.270. The Hall–Kier alpha value is -2.04. The van der Waals surface area contributed by atoms with Crippen LogP contribution in [-0.4, -0.2) is 23.2 Å². The van der Waals surface area contributed by atoms with Gasteiger partial charge in [-0.2, -0.15) is 0 Å². The van der Waals surface area contributed by atoms with E-state index in [9.17, 15) is 4.39 Å². The van der Waals surface area contributed by atoms with Crippen LogP contribution in [0.25, 0.3) is 0 Å². The Morgan fingerprint density at radius 3 is 3.06 bits per heavy atom. The van der Waals surface area contributed by atoms with Gasteiger partial charge in [-0.3, -0.25) is 0 Å². The van der Waals surface area contributed by atoms with E-state index in [4.69, 9.17) is 4.74 Å². The van der Waals surface area contributed by atoms with E-state index in [1.165, 1.54) is 12.1 Å². The average molecular weight is 249 g/mol. The average Bonchev–Trinajstić information content (AvgIpc) is 2.88. The van der Waals surface area contributed by atoms with Crippen LogP contribution in [0, 0.1) is 5.82 Å². The second kappa shape index (κ2) is 6.05. The van der Waals surface area contributed by atoms with Crippen molar-refractivity contribution in [3.8, 4) is 5.75 Å². The molecule has 0 radical (unpaired) electrons. The standard InChI is InChI=1S/C13H16FN3O/c1-18-13-4-3-11(14)9-12(13)16-5-2-7-17-8-6-15-10-17/h3-4,6,8-10,16H,2,5,7H2,1H3. The molecule has 1 N–H and O–H groups in total. The maximum atomic E-state index is 13.1. The molecule has 0 amide bonds. The van der Waals surface area contributed by atoms with Crippen molar-refractivity contribution >= 4 is 5.69 Å². The molecule has 0 fully saturated rings. The van der Waals surface area contributed by atoms with Gasteiger partial charge in [0.25, 0.3) is 0 Å². The highest BCUT2D eigenvalue weighted by Gasteiger charge is 2.03. The molecule has 2 aromatic rings. The fourth-order valence-electron chi connectivity index (χ4n) is 1.72. The van der Waals surface area contributed by atoms with Gasteiger partial charge in [-0.15, -0.1) is 0 Å². The summed E-state index contributed by atoms with van der Waals surface area (Å²) in [5.74, 6) is 0.381. The highest BCUT2D eigenvalue weighted by Crippen LogP contribution is 2.24. The molecular weight excluding hydrogens is 233 g/mol. The molecule has 2 rings (SSSR count). The number of ether oxygens (including phenoxy) is 1. The van der Waals surface area contributed by atoms with Gasteiger partial charge in [-0.05, 0) is 18.6 Å². The first kappa shape index (κ1) is 12.4. The number of aromatic nitrogens is 2. The van der Waals surface area contributed by atoms with Crippen LogP contribution < -0.4 is 10.1 Å². The normalized spacial score (nSPS) is 10.3. The number of nitrogens with one attached hydrogen (secondary N) is 1. The molecule has 0 unspecified atom stereocenters. The summed E-state index contributed by atoms with van der Waals surface area (Å²) in [6.07, 6.45) is 6.38. The SMILES string of the molecule is COc1ccc(F)cc1NCCCn1ccnc1. The first-order chi connectivity index (χ1) is 8.79. The van der Waals surface area contributed by atoms with Crippen molar-refractivity contribution in [2.45, 2.75) is 13.0 Å². The molecule has 1 heterocycles. The third-order valence-electron chi connectivity index (χ3n) is 2.63. The first-order valence-electron chi connectivity index (χ1n) is 5.83. The molecule has 0 atom stereocenters. The summed E-state index contributed by atoms with van der Waals surface area (Å²) >= 11 is 0. The molecule has 0 spiro atoms. The molecule has 0 aliphatic heterocycles. The lowest BCUT2D eigenvalue weighted by Gasteiger charge is -2.11. The van der Waals surface area contributed by atoms with E-state index in [1.807, 2.05) is 10.8 Å². The Morgan fingerprint density at radius 2 is 2.33 bits per heavy atom.